The summed E-state index contributed by atoms with van der Waals surface area (Å²) in [6.07, 6.45) is -3.49. The smallest absolute Gasteiger partial charge is 0.192 e. The Balaban J connectivity index is 2.69. The summed E-state index contributed by atoms with van der Waals surface area (Å²) >= 11 is 0. The van der Waals surface area contributed by atoms with Crippen molar-refractivity contribution < 1.29 is 25.2 Å². The fraction of sp³-hybridized carbons (Fsp3) is 1.00. The molecule has 11 heavy (non-hydrogen) atoms. The summed E-state index contributed by atoms with van der Waals surface area (Å²) in [5.74, 6) is -1.76. The third-order valence-electron chi connectivity index (χ3n) is 1.82. The van der Waals surface area contributed by atoms with E-state index in [0.717, 1.165) is 0 Å². The number of aliphatic hydroxyl groups is 4. The van der Waals surface area contributed by atoms with E-state index in [2.05, 4.69) is 0 Å². The lowest BCUT2D eigenvalue weighted by Gasteiger charge is -2.19. The van der Waals surface area contributed by atoms with Gasteiger partial charge in [-0.15, -0.1) is 0 Å². The Morgan fingerprint density at radius 1 is 1.45 bits per heavy atom. The number of rotatable bonds is 1. The Hall–Kier alpha value is -0.200. The van der Waals surface area contributed by atoms with Crippen molar-refractivity contribution in [2.45, 2.75) is 31.0 Å². The maximum atomic E-state index is 9.19. The van der Waals surface area contributed by atoms with E-state index in [0.29, 0.717) is 0 Å². The number of aliphatic hydroxyl groups excluding tert-OH is 3. The van der Waals surface area contributed by atoms with Crippen molar-refractivity contribution in [3.8, 4) is 0 Å². The highest BCUT2D eigenvalue weighted by Crippen LogP contribution is 2.27. The van der Waals surface area contributed by atoms with Crippen LogP contribution in [0.15, 0.2) is 0 Å². The van der Waals surface area contributed by atoms with Crippen LogP contribution in [-0.4, -0.2) is 51.1 Å². The summed E-state index contributed by atoms with van der Waals surface area (Å²) in [6.45, 7) is 0.810. The van der Waals surface area contributed by atoms with Crippen molar-refractivity contribution in [3.05, 3.63) is 0 Å². The molecule has 5 heteroatoms. The minimum Gasteiger partial charge on any atom is -0.394 e. The molecule has 0 saturated carbocycles. The van der Waals surface area contributed by atoms with Crippen molar-refractivity contribution in [3.63, 3.8) is 0 Å². The topological polar surface area (TPSA) is 90.2 Å². The Kier molecular flexibility index (Phi) is 2.17. The van der Waals surface area contributed by atoms with Crippen LogP contribution in [0, 0.1) is 0 Å². The average Bonchev–Trinajstić information content (AvgIpc) is 2.13. The van der Waals surface area contributed by atoms with Crippen molar-refractivity contribution in [1.82, 2.24) is 0 Å². The van der Waals surface area contributed by atoms with E-state index in [9.17, 15) is 5.11 Å². The van der Waals surface area contributed by atoms with Crippen LogP contribution in [0.25, 0.3) is 0 Å². The van der Waals surface area contributed by atoms with Gasteiger partial charge in [0.2, 0.25) is 0 Å². The largest absolute Gasteiger partial charge is 0.394 e. The van der Waals surface area contributed by atoms with Crippen LogP contribution in [0.2, 0.25) is 0 Å². The van der Waals surface area contributed by atoms with Crippen molar-refractivity contribution >= 4 is 0 Å². The first-order valence-electron chi connectivity index (χ1n) is 3.36. The van der Waals surface area contributed by atoms with Crippen molar-refractivity contribution in [2.75, 3.05) is 6.61 Å². The van der Waals surface area contributed by atoms with Crippen LogP contribution in [0.5, 0.6) is 0 Å². The van der Waals surface area contributed by atoms with E-state index in [1.165, 1.54) is 6.92 Å². The van der Waals surface area contributed by atoms with Gasteiger partial charge in [0.05, 0.1) is 6.61 Å². The standard InChI is InChI=1S/C6H12O5/c1-6(10)5(9)4(8)3(2-7)11-6/h3-5,7-10H,2H2,1H3/t3-,4-,5+,6+/m1/s1. The Morgan fingerprint density at radius 3 is 2.18 bits per heavy atom. The first-order valence-corrected chi connectivity index (χ1v) is 3.36. The summed E-state index contributed by atoms with van der Waals surface area (Å²) in [6, 6.07) is 0. The molecule has 1 aliphatic heterocycles. The molecule has 4 atom stereocenters. The van der Waals surface area contributed by atoms with Crippen LogP contribution in [0.4, 0.5) is 0 Å². The molecule has 0 aliphatic carbocycles. The molecule has 1 fully saturated rings. The second-order valence-corrected chi connectivity index (χ2v) is 2.83. The van der Waals surface area contributed by atoms with E-state index in [4.69, 9.17) is 20.1 Å². The number of hydrogen-bond acceptors (Lipinski definition) is 5. The Bertz CT molecular complexity index is 146. The monoisotopic (exact) mass is 164 g/mol. The maximum absolute atomic E-state index is 9.19. The minimum atomic E-state index is -1.76. The Labute approximate surface area is 63.8 Å². The molecule has 5 nitrogen and oxygen atoms in total. The third kappa shape index (κ3) is 1.38. The molecule has 66 valence electrons. The fourth-order valence-electron chi connectivity index (χ4n) is 1.11. The zero-order chi connectivity index (χ0) is 8.65. The Morgan fingerprint density at radius 2 is 2.00 bits per heavy atom. The van der Waals surface area contributed by atoms with Gasteiger partial charge in [-0.25, -0.2) is 0 Å². The molecule has 1 heterocycles. The van der Waals surface area contributed by atoms with Gasteiger partial charge in [-0.05, 0) is 6.92 Å². The molecule has 0 radical (unpaired) electrons. The fourth-order valence-corrected chi connectivity index (χ4v) is 1.11. The van der Waals surface area contributed by atoms with E-state index >= 15 is 0 Å². The molecule has 1 aliphatic rings. The number of hydrogen-bond donors (Lipinski definition) is 4. The van der Waals surface area contributed by atoms with Gasteiger partial charge < -0.3 is 25.2 Å². The first-order chi connectivity index (χ1) is 4.99. The molecule has 0 spiro atoms. The summed E-state index contributed by atoms with van der Waals surface area (Å²) < 4.78 is 4.73. The molecule has 1 rings (SSSR count). The molecule has 0 unspecified atom stereocenters. The summed E-state index contributed by atoms with van der Waals surface area (Å²) in [7, 11) is 0. The second-order valence-electron chi connectivity index (χ2n) is 2.83. The normalized spacial score (nSPS) is 51.5. The molecule has 1 saturated heterocycles. The first kappa shape index (κ1) is 8.89. The van der Waals surface area contributed by atoms with Crippen LogP contribution >= 0.6 is 0 Å². The minimum absolute atomic E-state index is 0.422. The van der Waals surface area contributed by atoms with Crippen LogP contribution in [-0.2, 0) is 4.74 Å². The SMILES string of the molecule is C[C@]1(O)O[C@H](CO)[C@@H](O)[C@@H]1O. The van der Waals surface area contributed by atoms with E-state index < -0.39 is 30.7 Å². The summed E-state index contributed by atoms with van der Waals surface area (Å²) in [5, 5.41) is 36.0. The van der Waals surface area contributed by atoms with Gasteiger partial charge in [-0.1, -0.05) is 0 Å². The maximum Gasteiger partial charge on any atom is 0.192 e. The molecule has 4 N–H and O–H groups in total. The third-order valence-corrected chi connectivity index (χ3v) is 1.82. The van der Waals surface area contributed by atoms with Gasteiger partial charge in [0.25, 0.3) is 0 Å². The van der Waals surface area contributed by atoms with Crippen LogP contribution < -0.4 is 0 Å². The quantitative estimate of drug-likeness (QED) is 0.353. The van der Waals surface area contributed by atoms with Gasteiger partial charge in [0.15, 0.2) is 5.79 Å². The highest BCUT2D eigenvalue weighted by molar-refractivity contribution is 4.92. The van der Waals surface area contributed by atoms with E-state index in [1.807, 2.05) is 0 Å². The van der Waals surface area contributed by atoms with Gasteiger partial charge in [0, 0.05) is 0 Å². The highest BCUT2D eigenvalue weighted by Gasteiger charge is 2.49. The molecule has 0 aromatic rings. The lowest BCUT2D eigenvalue weighted by atomic mass is 10.1. The van der Waals surface area contributed by atoms with Gasteiger partial charge >= 0.3 is 0 Å². The lowest BCUT2D eigenvalue weighted by molar-refractivity contribution is -0.217. The van der Waals surface area contributed by atoms with Gasteiger partial charge in [0.1, 0.15) is 18.3 Å². The molecule has 0 aromatic heterocycles. The zero-order valence-corrected chi connectivity index (χ0v) is 6.14. The molecular formula is C6H12O5. The lowest BCUT2D eigenvalue weighted by Crippen LogP contribution is -2.40. The average molecular weight is 164 g/mol. The van der Waals surface area contributed by atoms with Crippen LogP contribution in [0.1, 0.15) is 6.92 Å². The summed E-state index contributed by atoms with van der Waals surface area (Å²) in [5.41, 5.74) is 0. The van der Waals surface area contributed by atoms with E-state index in [-0.39, 0.29) is 0 Å². The molecular weight excluding hydrogens is 152 g/mol. The molecule has 0 aromatic carbocycles. The predicted octanol–water partition coefficient (Wildman–Crippen LogP) is -2.19. The van der Waals surface area contributed by atoms with Crippen molar-refractivity contribution in [1.29, 1.82) is 0 Å². The number of ether oxygens (including phenoxy) is 1. The highest BCUT2D eigenvalue weighted by atomic mass is 16.7. The second kappa shape index (κ2) is 2.69. The molecule has 0 bridgehead atoms. The molecule has 0 amide bonds. The van der Waals surface area contributed by atoms with Gasteiger partial charge in [-0.2, -0.15) is 0 Å². The summed E-state index contributed by atoms with van der Waals surface area (Å²) in [4.78, 5) is 0. The van der Waals surface area contributed by atoms with Crippen molar-refractivity contribution in [2.24, 2.45) is 0 Å². The van der Waals surface area contributed by atoms with Crippen LogP contribution in [0.3, 0.4) is 0 Å². The predicted molar refractivity (Wildman–Crippen MR) is 34.6 cm³/mol. The van der Waals surface area contributed by atoms with Gasteiger partial charge in [-0.3, -0.25) is 0 Å². The zero-order valence-electron chi connectivity index (χ0n) is 6.14. The van der Waals surface area contributed by atoms with E-state index in [1.54, 1.807) is 0 Å².